The van der Waals surface area contributed by atoms with Crippen LogP contribution in [0.15, 0.2) is 53.3 Å². The van der Waals surface area contributed by atoms with Crippen molar-refractivity contribution in [3.8, 4) is 5.69 Å². The van der Waals surface area contributed by atoms with E-state index in [2.05, 4.69) is 5.32 Å². The number of hydrogen-bond donors (Lipinski definition) is 1. The summed E-state index contributed by atoms with van der Waals surface area (Å²) < 4.78 is 15.0. The summed E-state index contributed by atoms with van der Waals surface area (Å²) in [4.78, 5) is 17.9. The molecule has 0 amide bonds. The minimum atomic E-state index is -0.314. The van der Waals surface area contributed by atoms with Crippen molar-refractivity contribution in [1.29, 1.82) is 0 Å². The van der Waals surface area contributed by atoms with E-state index in [9.17, 15) is 9.18 Å². The van der Waals surface area contributed by atoms with E-state index in [-0.39, 0.29) is 11.4 Å². The van der Waals surface area contributed by atoms with Gasteiger partial charge in [-0.25, -0.2) is 9.37 Å². The third-order valence-electron chi connectivity index (χ3n) is 5.21. The van der Waals surface area contributed by atoms with E-state index in [0.717, 1.165) is 0 Å². The maximum Gasteiger partial charge on any atom is 0.266 e. The number of para-hydroxylation sites is 1. The van der Waals surface area contributed by atoms with Gasteiger partial charge >= 0.3 is 0 Å². The molecule has 0 aliphatic heterocycles. The highest BCUT2D eigenvalue weighted by atomic mass is 19.1. The van der Waals surface area contributed by atoms with Gasteiger partial charge in [-0.3, -0.25) is 9.36 Å². The van der Waals surface area contributed by atoms with Crippen molar-refractivity contribution in [2.75, 3.05) is 0 Å². The lowest BCUT2D eigenvalue weighted by Gasteiger charge is -2.20. The number of halogens is 1. The van der Waals surface area contributed by atoms with Gasteiger partial charge in [0.15, 0.2) is 5.82 Å². The Hall–Kier alpha value is -2.53. The highest BCUT2D eigenvalue weighted by Crippen LogP contribution is 2.16. The van der Waals surface area contributed by atoms with Gasteiger partial charge in [0.1, 0.15) is 12.4 Å². The first-order chi connectivity index (χ1) is 12.7. The molecule has 3 aromatic rings. The number of nitrogens with two attached hydrogens (primary N) is 1. The van der Waals surface area contributed by atoms with Crippen molar-refractivity contribution in [2.45, 2.75) is 44.7 Å². The zero-order valence-corrected chi connectivity index (χ0v) is 14.7. The second-order valence-electron chi connectivity index (χ2n) is 7.00. The van der Waals surface area contributed by atoms with E-state index in [1.165, 1.54) is 44.2 Å². The number of rotatable bonds is 4. The molecule has 1 heterocycles. The molecule has 1 aliphatic carbocycles. The van der Waals surface area contributed by atoms with Gasteiger partial charge in [-0.05, 0) is 62.1 Å². The Bertz CT molecular complexity index is 959. The summed E-state index contributed by atoms with van der Waals surface area (Å²) in [5.41, 5.74) is 1.26. The van der Waals surface area contributed by atoms with Crippen LogP contribution in [0, 0.1) is 5.82 Å². The van der Waals surface area contributed by atoms with Gasteiger partial charge in [0.25, 0.3) is 5.56 Å². The first-order valence-electron chi connectivity index (χ1n) is 9.32. The average Bonchev–Trinajstić information content (AvgIpc) is 2.68. The normalized spacial score (nSPS) is 15.4. The lowest BCUT2D eigenvalue weighted by Crippen LogP contribution is -2.89. The Morgan fingerprint density at radius 1 is 1.04 bits per heavy atom. The summed E-state index contributed by atoms with van der Waals surface area (Å²) in [6, 6.07) is 14.0. The molecule has 4 rings (SSSR count). The molecule has 4 nitrogen and oxygen atoms in total. The molecule has 134 valence electrons. The third-order valence-corrected chi connectivity index (χ3v) is 5.21. The molecule has 1 aromatic heterocycles. The molecule has 0 unspecified atom stereocenters. The fraction of sp³-hybridized carbons (Fsp3) is 0.333. The Labute approximate surface area is 151 Å². The number of aromatic nitrogens is 2. The molecule has 0 radical (unpaired) electrons. The molecule has 2 N–H and O–H groups in total. The van der Waals surface area contributed by atoms with Crippen LogP contribution < -0.4 is 10.9 Å². The second kappa shape index (κ2) is 7.38. The van der Waals surface area contributed by atoms with E-state index in [1.54, 1.807) is 22.8 Å². The third kappa shape index (κ3) is 3.40. The molecule has 1 aliphatic rings. The zero-order valence-electron chi connectivity index (χ0n) is 14.7. The van der Waals surface area contributed by atoms with Crippen LogP contribution in [0.2, 0.25) is 0 Å². The van der Waals surface area contributed by atoms with Gasteiger partial charge in [0, 0.05) is 0 Å². The van der Waals surface area contributed by atoms with Gasteiger partial charge < -0.3 is 5.32 Å². The minimum absolute atomic E-state index is 0.103. The van der Waals surface area contributed by atoms with Crippen molar-refractivity contribution >= 4 is 10.9 Å². The summed E-state index contributed by atoms with van der Waals surface area (Å²) in [7, 11) is 0. The fourth-order valence-electron chi connectivity index (χ4n) is 3.81. The maximum absolute atomic E-state index is 13.3. The van der Waals surface area contributed by atoms with Gasteiger partial charge in [-0.1, -0.05) is 18.6 Å². The summed E-state index contributed by atoms with van der Waals surface area (Å²) in [6.45, 7) is 0.641. The first kappa shape index (κ1) is 16.9. The monoisotopic (exact) mass is 352 g/mol. The van der Waals surface area contributed by atoms with E-state index in [0.29, 0.717) is 35.0 Å². The zero-order chi connectivity index (χ0) is 17.9. The Morgan fingerprint density at radius 3 is 2.54 bits per heavy atom. The topological polar surface area (TPSA) is 51.5 Å². The summed E-state index contributed by atoms with van der Waals surface area (Å²) in [6.07, 6.45) is 6.30. The molecule has 5 heteroatoms. The van der Waals surface area contributed by atoms with E-state index in [4.69, 9.17) is 4.98 Å². The van der Waals surface area contributed by atoms with Crippen molar-refractivity contribution in [3.05, 3.63) is 70.5 Å². The average molecular weight is 352 g/mol. The Balaban J connectivity index is 1.77. The van der Waals surface area contributed by atoms with Crippen LogP contribution >= 0.6 is 0 Å². The number of nitrogens with zero attached hydrogens (tertiary/aromatic N) is 2. The van der Waals surface area contributed by atoms with Gasteiger partial charge in [-0.15, -0.1) is 0 Å². The van der Waals surface area contributed by atoms with Crippen molar-refractivity contribution in [3.63, 3.8) is 0 Å². The van der Waals surface area contributed by atoms with E-state index in [1.807, 2.05) is 18.2 Å². The molecule has 1 fully saturated rings. The molecule has 2 aromatic carbocycles. The molecule has 0 bridgehead atoms. The smallest absolute Gasteiger partial charge is 0.266 e. The Kier molecular flexibility index (Phi) is 4.80. The standard InChI is InChI=1S/C21H22FN3O/c22-15-10-12-17(13-11-15)25-20(14-23-16-6-2-1-3-7-16)24-19-9-5-4-8-18(19)21(25)26/h4-5,8-13,16,23H,1-3,6-7,14H2/p+1. The summed E-state index contributed by atoms with van der Waals surface area (Å²) >= 11 is 0. The van der Waals surface area contributed by atoms with Crippen LogP contribution in [0.4, 0.5) is 4.39 Å². The first-order valence-corrected chi connectivity index (χ1v) is 9.32. The van der Waals surface area contributed by atoms with Crippen molar-refractivity contribution in [1.82, 2.24) is 9.55 Å². The number of quaternary nitrogens is 1. The van der Waals surface area contributed by atoms with E-state index < -0.39 is 0 Å². The predicted octanol–water partition coefficient (Wildman–Crippen LogP) is 2.92. The van der Waals surface area contributed by atoms with Crippen molar-refractivity contribution in [2.24, 2.45) is 0 Å². The Morgan fingerprint density at radius 2 is 1.77 bits per heavy atom. The van der Waals surface area contributed by atoms with Crippen LogP contribution in [0.25, 0.3) is 16.6 Å². The molecular weight excluding hydrogens is 329 g/mol. The quantitative estimate of drug-likeness (QED) is 0.785. The summed E-state index contributed by atoms with van der Waals surface area (Å²) in [5.74, 6) is 0.400. The van der Waals surface area contributed by atoms with E-state index >= 15 is 0 Å². The van der Waals surface area contributed by atoms with Crippen LogP contribution in [0.5, 0.6) is 0 Å². The number of benzene rings is 2. The lowest BCUT2D eigenvalue weighted by atomic mass is 9.95. The molecular formula is C21H23FN3O+. The lowest BCUT2D eigenvalue weighted by molar-refractivity contribution is -0.707. The maximum atomic E-state index is 13.3. The van der Waals surface area contributed by atoms with Crippen LogP contribution in [-0.4, -0.2) is 15.6 Å². The predicted molar refractivity (Wildman–Crippen MR) is 99.8 cm³/mol. The summed E-state index contributed by atoms with van der Waals surface area (Å²) in [5, 5.41) is 2.88. The van der Waals surface area contributed by atoms with Crippen molar-refractivity contribution < 1.29 is 9.71 Å². The molecule has 26 heavy (non-hydrogen) atoms. The van der Waals surface area contributed by atoms with Gasteiger partial charge in [0.2, 0.25) is 0 Å². The fourth-order valence-corrected chi connectivity index (χ4v) is 3.81. The molecule has 0 saturated heterocycles. The highest BCUT2D eigenvalue weighted by Gasteiger charge is 2.19. The van der Waals surface area contributed by atoms with Crippen LogP contribution in [0.1, 0.15) is 37.9 Å². The van der Waals surface area contributed by atoms with Crippen LogP contribution in [-0.2, 0) is 6.54 Å². The highest BCUT2D eigenvalue weighted by molar-refractivity contribution is 5.77. The molecule has 0 spiro atoms. The second-order valence-corrected chi connectivity index (χ2v) is 7.00. The molecule has 1 saturated carbocycles. The molecule has 0 atom stereocenters. The SMILES string of the molecule is O=c1c2ccccc2nc(C[NH2+]C2CCCCC2)n1-c1ccc(F)cc1. The van der Waals surface area contributed by atoms with Gasteiger partial charge in [0.05, 0.1) is 22.6 Å². The largest absolute Gasteiger partial charge is 0.338 e. The number of hydrogen-bond acceptors (Lipinski definition) is 2. The van der Waals surface area contributed by atoms with Crippen LogP contribution in [0.3, 0.4) is 0 Å². The van der Waals surface area contributed by atoms with Gasteiger partial charge in [-0.2, -0.15) is 0 Å². The number of fused-ring (bicyclic) bond motifs is 1. The minimum Gasteiger partial charge on any atom is -0.338 e.